The van der Waals surface area contributed by atoms with Gasteiger partial charge in [-0.25, -0.2) is 14.4 Å². The normalized spacial score (nSPS) is 10.1. The highest BCUT2D eigenvalue weighted by Gasteiger charge is 2.15. The van der Waals surface area contributed by atoms with Gasteiger partial charge in [-0.1, -0.05) is 31.0 Å². The van der Waals surface area contributed by atoms with Crippen LogP contribution in [-0.4, -0.2) is 9.97 Å². The lowest BCUT2D eigenvalue weighted by Gasteiger charge is -2.11. The molecule has 6 heteroatoms. The third-order valence-electron chi connectivity index (χ3n) is 2.65. The summed E-state index contributed by atoms with van der Waals surface area (Å²) in [6, 6.07) is 5.95. The maximum absolute atomic E-state index is 13.5. The SMILES string of the molecule is CCCc1c(Cl)ncnc1Oc1cccc(F)c1C#N. The topological polar surface area (TPSA) is 58.8 Å². The van der Waals surface area contributed by atoms with Gasteiger partial charge in [0.15, 0.2) is 0 Å². The van der Waals surface area contributed by atoms with E-state index >= 15 is 0 Å². The fourth-order valence-corrected chi connectivity index (χ4v) is 1.95. The Balaban J connectivity index is 2.43. The van der Waals surface area contributed by atoms with Gasteiger partial charge < -0.3 is 4.74 Å². The van der Waals surface area contributed by atoms with Crippen molar-refractivity contribution >= 4 is 11.6 Å². The molecule has 0 atom stereocenters. The number of hydrogen-bond donors (Lipinski definition) is 0. The Morgan fingerprint density at radius 2 is 2.20 bits per heavy atom. The van der Waals surface area contributed by atoms with Crippen LogP contribution in [0.25, 0.3) is 0 Å². The van der Waals surface area contributed by atoms with Gasteiger partial charge in [0.2, 0.25) is 5.88 Å². The number of rotatable bonds is 4. The minimum Gasteiger partial charge on any atom is -0.437 e. The van der Waals surface area contributed by atoms with Gasteiger partial charge >= 0.3 is 0 Å². The van der Waals surface area contributed by atoms with Crippen LogP contribution in [0.5, 0.6) is 11.6 Å². The van der Waals surface area contributed by atoms with E-state index in [0.29, 0.717) is 17.1 Å². The quantitative estimate of drug-likeness (QED) is 0.802. The summed E-state index contributed by atoms with van der Waals surface area (Å²) in [6.07, 6.45) is 2.73. The first-order chi connectivity index (χ1) is 9.67. The van der Waals surface area contributed by atoms with Crippen molar-refractivity contribution in [1.82, 2.24) is 9.97 Å². The summed E-state index contributed by atoms with van der Waals surface area (Å²) in [5, 5.41) is 9.27. The van der Waals surface area contributed by atoms with Crippen LogP contribution in [0.1, 0.15) is 24.5 Å². The van der Waals surface area contributed by atoms with E-state index in [4.69, 9.17) is 21.6 Å². The summed E-state index contributed by atoms with van der Waals surface area (Å²) in [4.78, 5) is 7.90. The van der Waals surface area contributed by atoms with Crippen molar-refractivity contribution < 1.29 is 9.13 Å². The van der Waals surface area contributed by atoms with Crippen molar-refractivity contribution in [3.8, 4) is 17.7 Å². The number of aromatic nitrogens is 2. The fraction of sp³-hybridized carbons (Fsp3) is 0.214. The average Bonchev–Trinajstić information content (AvgIpc) is 2.43. The fourth-order valence-electron chi connectivity index (χ4n) is 1.73. The van der Waals surface area contributed by atoms with E-state index in [-0.39, 0.29) is 17.2 Å². The molecule has 0 saturated heterocycles. The van der Waals surface area contributed by atoms with Crippen LogP contribution >= 0.6 is 11.6 Å². The first-order valence-electron chi connectivity index (χ1n) is 6.03. The van der Waals surface area contributed by atoms with Crippen molar-refractivity contribution in [2.24, 2.45) is 0 Å². The third-order valence-corrected chi connectivity index (χ3v) is 2.97. The highest BCUT2D eigenvalue weighted by atomic mass is 35.5. The van der Waals surface area contributed by atoms with Crippen LogP contribution < -0.4 is 4.74 Å². The first kappa shape index (κ1) is 14.2. The molecule has 0 fully saturated rings. The van der Waals surface area contributed by atoms with Gasteiger partial charge in [0.05, 0.1) is 5.56 Å². The Labute approximate surface area is 120 Å². The Hall–Kier alpha value is -2.19. The van der Waals surface area contributed by atoms with Gasteiger partial charge in [-0.3, -0.25) is 0 Å². The highest BCUT2D eigenvalue weighted by Crippen LogP contribution is 2.30. The van der Waals surface area contributed by atoms with E-state index < -0.39 is 5.82 Å². The van der Waals surface area contributed by atoms with Gasteiger partial charge in [-0.05, 0) is 18.6 Å². The second kappa shape index (κ2) is 6.31. The van der Waals surface area contributed by atoms with Crippen molar-refractivity contribution in [2.45, 2.75) is 19.8 Å². The van der Waals surface area contributed by atoms with Gasteiger partial charge in [0, 0.05) is 0 Å². The molecule has 2 aromatic rings. The minimum absolute atomic E-state index is 0.111. The molecule has 102 valence electrons. The lowest BCUT2D eigenvalue weighted by atomic mass is 10.2. The summed E-state index contributed by atoms with van der Waals surface area (Å²) in [5.41, 5.74) is 0.481. The second-order valence-electron chi connectivity index (χ2n) is 4.03. The molecule has 2 rings (SSSR count). The highest BCUT2D eigenvalue weighted by molar-refractivity contribution is 6.30. The molecule has 0 spiro atoms. The zero-order chi connectivity index (χ0) is 14.5. The predicted molar refractivity (Wildman–Crippen MR) is 72.2 cm³/mol. The Morgan fingerprint density at radius 1 is 1.40 bits per heavy atom. The van der Waals surface area contributed by atoms with Crippen LogP contribution in [-0.2, 0) is 6.42 Å². The number of hydrogen-bond acceptors (Lipinski definition) is 4. The van der Waals surface area contributed by atoms with Crippen LogP contribution in [0.2, 0.25) is 5.15 Å². The number of halogens is 2. The zero-order valence-electron chi connectivity index (χ0n) is 10.7. The molecular weight excluding hydrogens is 281 g/mol. The van der Waals surface area contributed by atoms with E-state index in [2.05, 4.69) is 9.97 Å². The van der Waals surface area contributed by atoms with Crippen LogP contribution in [0.15, 0.2) is 24.5 Å². The summed E-state index contributed by atoms with van der Waals surface area (Å²) in [6.45, 7) is 1.98. The van der Waals surface area contributed by atoms with Crippen molar-refractivity contribution in [3.05, 3.63) is 46.6 Å². The predicted octanol–water partition coefficient (Wildman–Crippen LogP) is 3.89. The molecule has 0 aliphatic heterocycles. The molecule has 0 bridgehead atoms. The summed E-state index contributed by atoms with van der Waals surface area (Å²) < 4.78 is 19.1. The summed E-state index contributed by atoms with van der Waals surface area (Å²) >= 11 is 6.01. The van der Waals surface area contributed by atoms with Crippen LogP contribution in [0.3, 0.4) is 0 Å². The van der Waals surface area contributed by atoms with E-state index in [1.165, 1.54) is 24.5 Å². The number of ether oxygens (including phenoxy) is 1. The Bertz CT molecular complexity index is 670. The zero-order valence-corrected chi connectivity index (χ0v) is 11.5. The first-order valence-corrected chi connectivity index (χ1v) is 6.41. The van der Waals surface area contributed by atoms with Crippen LogP contribution in [0, 0.1) is 17.1 Å². The summed E-state index contributed by atoms with van der Waals surface area (Å²) in [7, 11) is 0. The van der Waals surface area contributed by atoms with E-state index in [1.54, 1.807) is 6.07 Å². The second-order valence-corrected chi connectivity index (χ2v) is 4.38. The number of nitrogens with zero attached hydrogens (tertiary/aromatic N) is 3. The molecule has 1 aromatic carbocycles. The molecule has 0 saturated carbocycles. The third kappa shape index (κ3) is 2.86. The van der Waals surface area contributed by atoms with Crippen LogP contribution in [0.4, 0.5) is 4.39 Å². The molecule has 4 nitrogen and oxygen atoms in total. The maximum atomic E-state index is 13.5. The van der Waals surface area contributed by atoms with Gasteiger partial charge in [0.25, 0.3) is 0 Å². The van der Waals surface area contributed by atoms with Crippen molar-refractivity contribution in [1.29, 1.82) is 5.26 Å². The van der Waals surface area contributed by atoms with Gasteiger partial charge in [-0.15, -0.1) is 0 Å². The Kier molecular flexibility index (Phi) is 4.49. The molecule has 0 aliphatic carbocycles. The summed E-state index contributed by atoms with van der Waals surface area (Å²) in [5.74, 6) is -0.282. The molecule has 0 amide bonds. The lowest BCUT2D eigenvalue weighted by Crippen LogP contribution is -1.99. The van der Waals surface area contributed by atoms with Crippen molar-refractivity contribution in [2.75, 3.05) is 0 Å². The largest absolute Gasteiger partial charge is 0.437 e. The van der Waals surface area contributed by atoms with Gasteiger partial charge in [-0.2, -0.15) is 5.26 Å². The minimum atomic E-state index is -0.637. The molecule has 1 aromatic heterocycles. The molecule has 20 heavy (non-hydrogen) atoms. The van der Waals surface area contributed by atoms with E-state index in [0.717, 1.165) is 6.42 Å². The molecule has 0 unspecified atom stereocenters. The van der Waals surface area contributed by atoms with Crippen molar-refractivity contribution in [3.63, 3.8) is 0 Å². The molecule has 0 N–H and O–H groups in total. The lowest BCUT2D eigenvalue weighted by molar-refractivity contribution is 0.447. The molecular formula is C14H11ClFN3O. The molecule has 1 heterocycles. The number of nitriles is 1. The molecule has 0 aliphatic rings. The standard InChI is InChI=1S/C14H11ClFN3O/c1-2-4-9-13(15)18-8-19-14(9)20-12-6-3-5-11(16)10(12)7-17/h3,5-6,8H,2,4H2,1H3. The number of benzene rings is 1. The maximum Gasteiger partial charge on any atom is 0.227 e. The van der Waals surface area contributed by atoms with E-state index in [1.807, 2.05) is 6.92 Å². The average molecular weight is 292 g/mol. The van der Waals surface area contributed by atoms with Gasteiger partial charge in [0.1, 0.15) is 34.7 Å². The Morgan fingerprint density at radius 3 is 2.90 bits per heavy atom. The molecule has 0 radical (unpaired) electrons. The smallest absolute Gasteiger partial charge is 0.227 e. The monoisotopic (exact) mass is 291 g/mol. The van der Waals surface area contributed by atoms with E-state index in [9.17, 15) is 4.39 Å².